The fourth-order valence-corrected chi connectivity index (χ4v) is 1.33. The molecule has 0 saturated heterocycles. The van der Waals surface area contributed by atoms with E-state index in [1.807, 2.05) is 0 Å². The lowest BCUT2D eigenvalue weighted by atomic mass is 10.2. The van der Waals surface area contributed by atoms with Crippen molar-refractivity contribution in [2.24, 2.45) is 0 Å². The fourth-order valence-electron chi connectivity index (χ4n) is 1.12. The minimum absolute atomic E-state index is 0.0229. The van der Waals surface area contributed by atoms with Crippen LogP contribution in [0.25, 0.3) is 0 Å². The molecule has 4 nitrogen and oxygen atoms in total. The number of hydrogen-bond donors (Lipinski definition) is 1. The Labute approximate surface area is 101 Å². The molecule has 0 unspecified atom stereocenters. The summed E-state index contributed by atoms with van der Waals surface area (Å²) < 4.78 is 6.21. The van der Waals surface area contributed by atoms with Crippen molar-refractivity contribution in [2.45, 2.75) is 6.61 Å². The third kappa shape index (κ3) is 2.77. The summed E-state index contributed by atoms with van der Waals surface area (Å²) in [6.07, 6.45) is 3.23. The minimum atomic E-state index is 0.0229. The molecule has 0 fully saturated rings. The Balaban J connectivity index is 2.11. The highest BCUT2D eigenvalue weighted by Crippen LogP contribution is 2.18. The first-order chi connectivity index (χ1) is 7.78. The average molecular weight is 281 g/mol. The number of ether oxygens (including phenoxy) is 1. The first kappa shape index (κ1) is 11.0. The van der Waals surface area contributed by atoms with Crippen molar-refractivity contribution in [3.63, 3.8) is 0 Å². The highest BCUT2D eigenvalue weighted by molar-refractivity contribution is 9.10. The number of halogens is 1. The number of hydrogen-bond acceptors (Lipinski definition) is 4. The second-order valence-corrected chi connectivity index (χ2v) is 4.00. The summed E-state index contributed by atoms with van der Waals surface area (Å²) in [6.45, 7) is 0.0229. The topological polar surface area (TPSA) is 55.2 Å². The standard InChI is InChI=1S/C11H9BrN2O2/c12-9-5-13-11(14-6-9)16-10-3-1-8(7-15)2-4-10/h1-6,15H,7H2. The van der Waals surface area contributed by atoms with Gasteiger partial charge in [0.05, 0.1) is 11.1 Å². The third-order valence-electron chi connectivity index (χ3n) is 1.91. The number of aliphatic hydroxyl groups is 1. The predicted molar refractivity (Wildman–Crippen MR) is 62.2 cm³/mol. The van der Waals surface area contributed by atoms with Crippen molar-refractivity contribution in [3.8, 4) is 11.8 Å². The summed E-state index contributed by atoms with van der Waals surface area (Å²) in [6, 6.07) is 7.39. The van der Waals surface area contributed by atoms with Gasteiger partial charge in [-0.05, 0) is 33.6 Å². The normalized spacial score (nSPS) is 10.1. The van der Waals surface area contributed by atoms with E-state index in [0.29, 0.717) is 11.8 Å². The molecule has 0 amide bonds. The molecule has 1 aromatic heterocycles. The van der Waals surface area contributed by atoms with Crippen molar-refractivity contribution >= 4 is 15.9 Å². The Morgan fingerprint density at radius 3 is 2.31 bits per heavy atom. The van der Waals surface area contributed by atoms with Gasteiger partial charge in [0.15, 0.2) is 0 Å². The maximum atomic E-state index is 8.88. The molecular formula is C11H9BrN2O2. The van der Waals surface area contributed by atoms with Gasteiger partial charge >= 0.3 is 6.01 Å². The van der Waals surface area contributed by atoms with Crippen LogP contribution in [-0.4, -0.2) is 15.1 Å². The van der Waals surface area contributed by atoms with Gasteiger partial charge in [-0.1, -0.05) is 12.1 Å². The summed E-state index contributed by atoms with van der Waals surface area (Å²) in [7, 11) is 0. The number of benzene rings is 1. The van der Waals surface area contributed by atoms with Crippen LogP contribution in [0.1, 0.15) is 5.56 Å². The third-order valence-corrected chi connectivity index (χ3v) is 2.32. The molecule has 0 aliphatic heterocycles. The molecule has 16 heavy (non-hydrogen) atoms. The molecule has 0 bridgehead atoms. The van der Waals surface area contributed by atoms with E-state index in [-0.39, 0.29) is 6.61 Å². The van der Waals surface area contributed by atoms with Crippen LogP contribution in [0.2, 0.25) is 0 Å². The lowest BCUT2D eigenvalue weighted by Gasteiger charge is -2.03. The number of aliphatic hydroxyl groups excluding tert-OH is 1. The predicted octanol–water partition coefficient (Wildman–Crippen LogP) is 2.52. The van der Waals surface area contributed by atoms with Gasteiger partial charge in [0.1, 0.15) is 5.75 Å². The summed E-state index contributed by atoms with van der Waals surface area (Å²) in [5.41, 5.74) is 0.837. The summed E-state index contributed by atoms with van der Waals surface area (Å²) in [5, 5.41) is 8.88. The molecule has 0 aliphatic carbocycles. The molecule has 0 radical (unpaired) electrons. The molecule has 82 valence electrons. The van der Waals surface area contributed by atoms with E-state index in [4.69, 9.17) is 9.84 Å². The van der Waals surface area contributed by atoms with Gasteiger partial charge in [-0.25, -0.2) is 9.97 Å². The van der Waals surface area contributed by atoms with E-state index in [1.54, 1.807) is 36.7 Å². The van der Waals surface area contributed by atoms with Gasteiger partial charge in [-0.2, -0.15) is 0 Å². The minimum Gasteiger partial charge on any atom is -0.424 e. The van der Waals surface area contributed by atoms with Gasteiger partial charge in [0.2, 0.25) is 0 Å². The second kappa shape index (κ2) is 5.05. The van der Waals surface area contributed by atoms with Crippen LogP contribution in [-0.2, 0) is 6.61 Å². The van der Waals surface area contributed by atoms with Crippen LogP contribution in [0.5, 0.6) is 11.8 Å². The van der Waals surface area contributed by atoms with Crippen LogP contribution >= 0.6 is 15.9 Å². The lowest BCUT2D eigenvalue weighted by Crippen LogP contribution is -1.91. The zero-order chi connectivity index (χ0) is 11.4. The Morgan fingerprint density at radius 1 is 1.12 bits per heavy atom. The van der Waals surface area contributed by atoms with E-state index in [9.17, 15) is 0 Å². The summed E-state index contributed by atoms with van der Waals surface area (Å²) >= 11 is 3.24. The van der Waals surface area contributed by atoms with Gasteiger partial charge in [0, 0.05) is 12.4 Å². The van der Waals surface area contributed by atoms with Crippen LogP contribution in [0.4, 0.5) is 0 Å². The lowest BCUT2D eigenvalue weighted by molar-refractivity contribution is 0.281. The van der Waals surface area contributed by atoms with Gasteiger partial charge in [-0.3, -0.25) is 0 Å². The maximum absolute atomic E-state index is 8.88. The SMILES string of the molecule is OCc1ccc(Oc2ncc(Br)cn2)cc1. The van der Waals surface area contributed by atoms with Crippen LogP contribution in [0, 0.1) is 0 Å². The fraction of sp³-hybridized carbons (Fsp3) is 0.0909. The van der Waals surface area contributed by atoms with E-state index in [0.717, 1.165) is 10.0 Å². The molecule has 2 rings (SSSR count). The zero-order valence-corrected chi connectivity index (χ0v) is 9.89. The largest absolute Gasteiger partial charge is 0.424 e. The van der Waals surface area contributed by atoms with Gasteiger partial charge in [-0.15, -0.1) is 0 Å². The number of rotatable bonds is 3. The highest BCUT2D eigenvalue weighted by Gasteiger charge is 1.99. The first-order valence-corrected chi connectivity index (χ1v) is 5.42. The monoisotopic (exact) mass is 280 g/mol. The van der Waals surface area contributed by atoms with Crippen LogP contribution < -0.4 is 4.74 Å². The van der Waals surface area contributed by atoms with E-state index in [2.05, 4.69) is 25.9 Å². The summed E-state index contributed by atoms with van der Waals surface area (Å²) in [4.78, 5) is 7.97. The van der Waals surface area contributed by atoms with Gasteiger partial charge < -0.3 is 9.84 Å². The molecule has 0 spiro atoms. The second-order valence-electron chi connectivity index (χ2n) is 3.09. The zero-order valence-electron chi connectivity index (χ0n) is 8.30. The van der Waals surface area contributed by atoms with Crippen molar-refractivity contribution in [2.75, 3.05) is 0 Å². The molecule has 0 aliphatic rings. The smallest absolute Gasteiger partial charge is 0.321 e. The molecular weight excluding hydrogens is 272 g/mol. The molecule has 0 atom stereocenters. The number of nitrogens with zero attached hydrogens (tertiary/aromatic N) is 2. The summed E-state index contributed by atoms with van der Waals surface area (Å²) in [5.74, 6) is 0.638. The van der Waals surface area contributed by atoms with E-state index < -0.39 is 0 Å². The Hall–Kier alpha value is -1.46. The molecule has 5 heteroatoms. The Morgan fingerprint density at radius 2 is 1.75 bits per heavy atom. The van der Waals surface area contributed by atoms with Gasteiger partial charge in [0.25, 0.3) is 0 Å². The van der Waals surface area contributed by atoms with Crippen LogP contribution in [0.3, 0.4) is 0 Å². The molecule has 1 aromatic carbocycles. The Bertz CT molecular complexity index is 456. The molecule has 1 N–H and O–H groups in total. The van der Waals surface area contributed by atoms with Crippen molar-refractivity contribution < 1.29 is 9.84 Å². The quantitative estimate of drug-likeness (QED) is 0.939. The van der Waals surface area contributed by atoms with Crippen LogP contribution in [0.15, 0.2) is 41.1 Å². The van der Waals surface area contributed by atoms with Crippen molar-refractivity contribution in [1.82, 2.24) is 9.97 Å². The van der Waals surface area contributed by atoms with E-state index in [1.165, 1.54) is 0 Å². The number of aromatic nitrogens is 2. The first-order valence-electron chi connectivity index (χ1n) is 4.63. The molecule has 0 saturated carbocycles. The molecule has 2 aromatic rings. The maximum Gasteiger partial charge on any atom is 0.321 e. The van der Waals surface area contributed by atoms with E-state index >= 15 is 0 Å². The Kier molecular flexibility index (Phi) is 3.48. The highest BCUT2D eigenvalue weighted by atomic mass is 79.9. The average Bonchev–Trinajstić information content (AvgIpc) is 2.33. The molecule has 1 heterocycles. The van der Waals surface area contributed by atoms with Crippen molar-refractivity contribution in [1.29, 1.82) is 0 Å². The van der Waals surface area contributed by atoms with Crippen molar-refractivity contribution in [3.05, 3.63) is 46.7 Å².